The van der Waals surface area contributed by atoms with E-state index in [2.05, 4.69) is 10.4 Å². The van der Waals surface area contributed by atoms with Gasteiger partial charge in [-0.1, -0.05) is 30.3 Å². The van der Waals surface area contributed by atoms with Crippen molar-refractivity contribution in [2.24, 2.45) is 4.99 Å². The standard InChI is InChI=1S/C16H13F2N3O/c17-13-7-6-12(8-14(13)18)16-19-9-15(22)21(20-16)10-11-4-2-1-3-5-11/h1-8H,9-10H2,(H,19,20). The highest BCUT2D eigenvalue weighted by Gasteiger charge is 2.21. The van der Waals surface area contributed by atoms with E-state index in [1.807, 2.05) is 30.3 Å². The van der Waals surface area contributed by atoms with Crippen molar-refractivity contribution in [1.29, 1.82) is 0 Å². The lowest BCUT2D eigenvalue weighted by Crippen LogP contribution is -2.50. The molecule has 0 saturated heterocycles. The quantitative estimate of drug-likeness (QED) is 0.945. The van der Waals surface area contributed by atoms with Crippen molar-refractivity contribution in [1.82, 2.24) is 10.4 Å². The monoisotopic (exact) mass is 301 g/mol. The first-order valence-electron chi connectivity index (χ1n) is 6.74. The van der Waals surface area contributed by atoms with E-state index in [9.17, 15) is 13.6 Å². The Hall–Kier alpha value is -2.76. The Morgan fingerprint density at radius 3 is 2.59 bits per heavy atom. The molecule has 22 heavy (non-hydrogen) atoms. The molecule has 1 N–H and O–H groups in total. The molecule has 1 aliphatic rings. The third-order valence-electron chi connectivity index (χ3n) is 3.29. The van der Waals surface area contributed by atoms with Gasteiger partial charge in [0.2, 0.25) is 0 Å². The Bertz CT molecular complexity index is 731. The van der Waals surface area contributed by atoms with E-state index in [1.165, 1.54) is 11.1 Å². The molecule has 1 heterocycles. The average Bonchev–Trinajstić information content (AvgIpc) is 2.53. The summed E-state index contributed by atoms with van der Waals surface area (Å²) < 4.78 is 26.3. The van der Waals surface area contributed by atoms with Crippen LogP contribution in [-0.4, -0.2) is 23.3 Å². The summed E-state index contributed by atoms with van der Waals surface area (Å²) in [5.74, 6) is -1.71. The first-order chi connectivity index (χ1) is 10.6. The van der Waals surface area contributed by atoms with E-state index >= 15 is 0 Å². The van der Waals surface area contributed by atoms with Crippen LogP contribution in [0.15, 0.2) is 53.5 Å². The van der Waals surface area contributed by atoms with Crippen molar-refractivity contribution in [3.05, 3.63) is 71.3 Å². The summed E-state index contributed by atoms with van der Waals surface area (Å²) in [7, 11) is 0. The first-order valence-corrected chi connectivity index (χ1v) is 6.74. The van der Waals surface area contributed by atoms with E-state index in [-0.39, 0.29) is 12.5 Å². The van der Waals surface area contributed by atoms with Gasteiger partial charge in [0, 0.05) is 5.56 Å². The lowest BCUT2D eigenvalue weighted by Gasteiger charge is -2.28. The molecule has 1 amide bonds. The van der Waals surface area contributed by atoms with Crippen molar-refractivity contribution in [2.75, 3.05) is 6.54 Å². The molecule has 112 valence electrons. The Labute approximate surface area is 126 Å². The molecule has 0 spiro atoms. The fourth-order valence-electron chi connectivity index (χ4n) is 2.15. The molecule has 6 heteroatoms. The maximum atomic E-state index is 13.3. The van der Waals surface area contributed by atoms with Gasteiger partial charge in [0.15, 0.2) is 11.6 Å². The third kappa shape index (κ3) is 2.95. The summed E-state index contributed by atoms with van der Waals surface area (Å²) >= 11 is 0. The summed E-state index contributed by atoms with van der Waals surface area (Å²) in [6.45, 7) is 0.330. The van der Waals surface area contributed by atoms with Gasteiger partial charge in [-0.05, 0) is 23.8 Å². The molecule has 0 aromatic heterocycles. The van der Waals surface area contributed by atoms with Crippen LogP contribution in [0.5, 0.6) is 0 Å². The van der Waals surface area contributed by atoms with Gasteiger partial charge in [-0.2, -0.15) is 0 Å². The molecule has 0 radical (unpaired) electrons. The number of benzene rings is 2. The molecule has 2 aromatic rings. The van der Waals surface area contributed by atoms with Crippen LogP contribution in [0, 0.1) is 11.6 Å². The van der Waals surface area contributed by atoms with Gasteiger partial charge >= 0.3 is 0 Å². The lowest BCUT2D eigenvalue weighted by atomic mass is 10.2. The Kier molecular flexibility index (Phi) is 3.82. The molecule has 0 aliphatic carbocycles. The number of hydrazine groups is 1. The van der Waals surface area contributed by atoms with E-state index < -0.39 is 11.6 Å². The molecule has 3 rings (SSSR count). The highest BCUT2D eigenvalue weighted by atomic mass is 19.2. The van der Waals surface area contributed by atoms with Crippen molar-refractivity contribution < 1.29 is 13.6 Å². The zero-order valence-corrected chi connectivity index (χ0v) is 11.6. The SMILES string of the molecule is O=C1CN=C(c2ccc(F)c(F)c2)NN1Cc1ccccc1. The fraction of sp³-hybridized carbons (Fsp3) is 0.125. The zero-order chi connectivity index (χ0) is 15.5. The maximum Gasteiger partial charge on any atom is 0.262 e. The smallest absolute Gasteiger partial charge is 0.262 e. The van der Waals surface area contributed by atoms with Crippen LogP contribution in [0.25, 0.3) is 0 Å². The Morgan fingerprint density at radius 2 is 1.86 bits per heavy atom. The van der Waals surface area contributed by atoms with Crippen molar-refractivity contribution in [3.8, 4) is 0 Å². The molecule has 1 aliphatic heterocycles. The van der Waals surface area contributed by atoms with Gasteiger partial charge in [-0.25, -0.2) is 13.8 Å². The highest BCUT2D eigenvalue weighted by molar-refractivity contribution is 6.02. The summed E-state index contributed by atoms with van der Waals surface area (Å²) in [6.07, 6.45) is 0. The summed E-state index contributed by atoms with van der Waals surface area (Å²) in [5, 5.41) is 1.42. The molecular formula is C16H13F2N3O. The minimum absolute atomic E-state index is 0.0336. The molecule has 0 saturated carbocycles. The third-order valence-corrected chi connectivity index (χ3v) is 3.29. The number of nitrogens with one attached hydrogen (secondary N) is 1. The van der Waals surface area contributed by atoms with Gasteiger partial charge in [-0.3, -0.25) is 15.2 Å². The average molecular weight is 301 g/mol. The van der Waals surface area contributed by atoms with Crippen LogP contribution in [0.2, 0.25) is 0 Å². The second-order valence-electron chi connectivity index (χ2n) is 4.87. The number of rotatable bonds is 3. The summed E-state index contributed by atoms with van der Waals surface area (Å²) in [5.41, 5.74) is 4.21. The Balaban J connectivity index is 1.80. The van der Waals surface area contributed by atoms with Gasteiger partial charge in [0.1, 0.15) is 12.4 Å². The second-order valence-corrected chi connectivity index (χ2v) is 4.87. The molecule has 0 unspecified atom stereocenters. The lowest BCUT2D eigenvalue weighted by molar-refractivity contribution is -0.132. The van der Waals surface area contributed by atoms with Gasteiger partial charge in [0.05, 0.1) is 6.54 Å². The summed E-state index contributed by atoms with van der Waals surface area (Å²) in [6, 6.07) is 13.0. The number of carbonyl (C=O) groups excluding carboxylic acids is 1. The molecule has 0 bridgehead atoms. The molecule has 4 nitrogen and oxygen atoms in total. The number of nitrogens with zero attached hydrogens (tertiary/aromatic N) is 2. The number of amidine groups is 1. The van der Waals surface area contributed by atoms with Gasteiger partial charge < -0.3 is 0 Å². The number of amides is 1. The predicted octanol–water partition coefficient (Wildman–Crippen LogP) is 2.26. The molecular weight excluding hydrogens is 288 g/mol. The topological polar surface area (TPSA) is 44.7 Å². The van der Waals surface area contributed by atoms with Crippen LogP contribution in [0.4, 0.5) is 8.78 Å². The van der Waals surface area contributed by atoms with Crippen LogP contribution in [0.3, 0.4) is 0 Å². The van der Waals surface area contributed by atoms with Crippen molar-refractivity contribution in [3.63, 3.8) is 0 Å². The van der Waals surface area contributed by atoms with Crippen LogP contribution < -0.4 is 5.43 Å². The van der Waals surface area contributed by atoms with Gasteiger partial charge in [-0.15, -0.1) is 0 Å². The molecule has 0 fully saturated rings. The highest BCUT2D eigenvalue weighted by Crippen LogP contribution is 2.12. The minimum Gasteiger partial charge on any atom is -0.279 e. The van der Waals surface area contributed by atoms with Crippen molar-refractivity contribution >= 4 is 11.7 Å². The molecule has 2 aromatic carbocycles. The van der Waals surface area contributed by atoms with E-state index in [0.717, 1.165) is 17.7 Å². The van der Waals surface area contributed by atoms with E-state index in [0.29, 0.717) is 17.9 Å². The van der Waals surface area contributed by atoms with Crippen molar-refractivity contribution in [2.45, 2.75) is 6.54 Å². The Morgan fingerprint density at radius 1 is 1.09 bits per heavy atom. The van der Waals surface area contributed by atoms with Crippen LogP contribution in [0.1, 0.15) is 11.1 Å². The largest absolute Gasteiger partial charge is 0.279 e. The number of halogens is 2. The number of carbonyl (C=O) groups is 1. The van der Waals surface area contributed by atoms with E-state index in [1.54, 1.807) is 0 Å². The fourth-order valence-corrected chi connectivity index (χ4v) is 2.15. The minimum atomic E-state index is -0.950. The second kappa shape index (κ2) is 5.93. The number of hydrogen-bond donors (Lipinski definition) is 1. The zero-order valence-electron chi connectivity index (χ0n) is 11.6. The van der Waals surface area contributed by atoms with Crippen LogP contribution >= 0.6 is 0 Å². The van der Waals surface area contributed by atoms with E-state index in [4.69, 9.17) is 0 Å². The normalized spacial score (nSPS) is 14.5. The van der Waals surface area contributed by atoms with Gasteiger partial charge in [0.25, 0.3) is 5.91 Å². The maximum absolute atomic E-state index is 13.3. The molecule has 0 atom stereocenters. The summed E-state index contributed by atoms with van der Waals surface area (Å²) in [4.78, 5) is 16.0. The van der Waals surface area contributed by atoms with Crippen LogP contribution in [-0.2, 0) is 11.3 Å². The number of hydrogen-bond acceptors (Lipinski definition) is 3. The first kappa shape index (κ1) is 14.2. The predicted molar refractivity (Wildman–Crippen MR) is 77.9 cm³/mol. The number of aliphatic imine (C=N–C) groups is 1.